The van der Waals surface area contributed by atoms with Crippen LogP contribution in [-0.4, -0.2) is 28.9 Å². The van der Waals surface area contributed by atoms with E-state index in [9.17, 15) is 0 Å². The average Bonchev–Trinajstić information content (AvgIpc) is 3.50. The highest BCUT2D eigenvalue weighted by atomic mass is 32.1. The van der Waals surface area contributed by atoms with E-state index in [0.717, 1.165) is 28.5 Å². The van der Waals surface area contributed by atoms with Crippen molar-refractivity contribution < 1.29 is 9.47 Å². The van der Waals surface area contributed by atoms with Crippen molar-refractivity contribution in [1.82, 2.24) is 14.9 Å². The summed E-state index contributed by atoms with van der Waals surface area (Å²) >= 11 is 5.91. The molecule has 1 fully saturated rings. The van der Waals surface area contributed by atoms with Crippen molar-refractivity contribution in [2.45, 2.75) is 25.9 Å². The van der Waals surface area contributed by atoms with E-state index < -0.39 is 0 Å². The Balaban J connectivity index is 1.69. The number of hydrogen-bond acceptors (Lipinski definition) is 4. The van der Waals surface area contributed by atoms with Crippen molar-refractivity contribution in [2.24, 2.45) is 0 Å². The van der Waals surface area contributed by atoms with Crippen molar-refractivity contribution in [2.75, 3.05) is 19.1 Å². The number of nitrogens with one attached hydrogen (secondary N) is 1. The van der Waals surface area contributed by atoms with Gasteiger partial charge in [-0.15, -0.1) is 0 Å². The first-order chi connectivity index (χ1) is 17.0. The largest absolute Gasteiger partial charge is 0.497 e. The molecular weight excluding hydrogens is 456 g/mol. The van der Waals surface area contributed by atoms with Crippen LogP contribution < -0.4 is 19.7 Å². The zero-order valence-electron chi connectivity index (χ0n) is 20.2. The van der Waals surface area contributed by atoms with Crippen molar-refractivity contribution in [3.05, 3.63) is 102 Å². The lowest BCUT2D eigenvalue weighted by Crippen LogP contribution is -2.30. The summed E-state index contributed by atoms with van der Waals surface area (Å²) in [5.41, 5.74) is 6.49. The predicted octanol–water partition coefficient (Wildman–Crippen LogP) is 5.68. The van der Waals surface area contributed by atoms with Gasteiger partial charge in [0.2, 0.25) is 0 Å². The molecule has 5 rings (SSSR count). The maximum absolute atomic E-state index is 5.91. The first-order valence-electron chi connectivity index (χ1n) is 11.5. The fourth-order valence-corrected chi connectivity index (χ4v) is 4.98. The van der Waals surface area contributed by atoms with Crippen LogP contribution in [0.15, 0.2) is 79.1 Å². The Labute approximate surface area is 211 Å². The Hall–Kier alpha value is -3.84. The second-order valence-electron chi connectivity index (χ2n) is 8.61. The normalized spacial score (nSPS) is 17.4. The first-order valence-corrected chi connectivity index (χ1v) is 11.9. The van der Waals surface area contributed by atoms with E-state index >= 15 is 0 Å². The number of nitrogens with zero attached hydrogens (tertiary/aromatic N) is 3. The highest BCUT2D eigenvalue weighted by molar-refractivity contribution is 7.80. The van der Waals surface area contributed by atoms with Gasteiger partial charge in [0, 0.05) is 29.8 Å². The van der Waals surface area contributed by atoms with Crippen molar-refractivity contribution >= 4 is 23.0 Å². The molecule has 2 aromatic heterocycles. The molecule has 4 aromatic rings. The maximum atomic E-state index is 5.91. The van der Waals surface area contributed by atoms with Gasteiger partial charge in [-0.2, -0.15) is 0 Å². The summed E-state index contributed by atoms with van der Waals surface area (Å²) in [5.74, 6) is 1.41. The van der Waals surface area contributed by atoms with Crippen LogP contribution >= 0.6 is 12.2 Å². The fourth-order valence-electron chi connectivity index (χ4n) is 4.64. The molecule has 178 valence electrons. The number of hydrogen-bond donors (Lipinski definition) is 1. The SMILES string of the molecule is COc1ccc(N2C(=S)N[C@@H](c3ccccn3)[C@@H]2c2cccn2-c2ccc(C)c(C)c2)c(OC)c1. The summed E-state index contributed by atoms with van der Waals surface area (Å²) in [4.78, 5) is 6.80. The Morgan fingerprint density at radius 2 is 1.77 bits per heavy atom. The highest BCUT2D eigenvalue weighted by Gasteiger charge is 2.43. The van der Waals surface area contributed by atoms with Gasteiger partial charge in [-0.25, -0.2) is 0 Å². The van der Waals surface area contributed by atoms with Gasteiger partial charge < -0.3 is 24.3 Å². The smallest absolute Gasteiger partial charge is 0.174 e. The van der Waals surface area contributed by atoms with E-state index in [1.807, 2.05) is 42.6 Å². The summed E-state index contributed by atoms with van der Waals surface area (Å²) in [5, 5.41) is 4.14. The standard InChI is InChI=1S/C28H28N4O2S/c1-18-10-11-20(16-19(18)2)31-15-7-9-24(31)27-26(22-8-5-6-14-29-22)30-28(35)32(27)23-13-12-21(33-3)17-25(23)34-4/h5-17,26-27H,1-4H3,(H,30,35)/t26-,27-/m0/s1. The van der Waals surface area contributed by atoms with Gasteiger partial charge in [0.25, 0.3) is 0 Å². The second kappa shape index (κ2) is 9.43. The van der Waals surface area contributed by atoms with Crippen molar-refractivity contribution in [3.63, 3.8) is 0 Å². The summed E-state index contributed by atoms with van der Waals surface area (Å²) in [7, 11) is 3.31. The van der Waals surface area contributed by atoms with E-state index in [2.05, 4.69) is 70.1 Å². The third-order valence-electron chi connectivity index (χ3n) is 6.60. The molecule has 7 heteroatoms. The van der Waals surface area contributed by atoms with Gasteiger partial charge in [0.15, 0.2) is 5.11 Å². The lowest BCUT2D eigenvalue weighted by Gasteiger charge is -2.30. The van der Waals surface area contributed by atoms with E-state index in [4.69, 9.17) is 21.7 Å². The summed E-state index contributed by atoms with van der Waals surface area (Å²) in [6, 6.07) is 22.2. The molecular formula is C28H28N4O2S. The molecule has 0 amide bonds. The van der Waals surface area contributed by atoms with Gasteiger partial charge in [0.05, 0.1) is 31.6 Å². The van der Waals surface area contributed by atoms with Gasteiger partial charge in [0.1, 0.15) is 17.5 Å². The number of aromatic nitrogens is 2. The highest BCUT2D eigenvalue weighted by Crippen LogP contribution is 2.45. The zero-order chi connectivity index (χ0) is 24.5. The monoisotopic (exact) mass is 484 g/mol. The van der Waals surface area contributed by atoms with E-state index in [1.54, 1.807) is 14.2 Å². The van der Waals surface area contributed by atoms with Crippen LogP contribution in [0.4, 0.5) is 5.69 Å². The Bertz CT molecular complexity index is 1370. The number of aryl methyl sites for hydroxylation is 2. The third-order valence-corrected chi connectivity index (χ3v) is 6.91. The number of anilines is 1. The molecule has 0 aliphatic carbocycles. The van der Waals surface area contributed by atoms with Crippen LogP contribution in [0.1, 0.15) is 34.6 Å². The molecule has 2 atom stereocenters. The Morgan fingerprint density at radius 1 is 0.914 bits per heavy atom. The average molecular weight is 485 g/mol. The molecule has 3 heterocycles. The molecule has 6 nitrogen and oxygen atoms in total. The molecule has 0 radical (unpaired) electrons. The van der Waals surface area contributed by atoms with E-state index in [1.165, 1.54) is 11.1 Å². The molecule has 0 bridgehead atoms. The summed E-state index contributed by atoms with van der Waals surface area (Å²) in [6.45, 7) is 4.27. The number of benzene rings is 2. The Morgan fingerprint density at radius 3 is 2.49 bits per heavy atom. The van der Waals surface area contributed by atoms with Crippen molar-refractivity contribution in [3.8, 4) is 17.2 Å². The topological polar surface area (TPSA) is 51.5 Å². The molecule has 0 saturated carbocycles. The van der Waals surface area contributed by atoms with E-state index in [-0.39, 0.29) is 12.1 Å². The first kappa shape index (κ1) is 22.9. The molecule has 35 heavy (non-hydrogen) atoms. The van der Waals surface area contributed by atoms with Gasteiger partial charge in [-0.05, 0) is 85.7 Å². The maximum Gasteiger partial charge on any atom is 0.174 e. The van der Waals surface area contributed by atoms with Gasteiger partial charge in [-0.1, -0.05) is 12.1 Å². The fraction of sp³-hybridized carbons (Fsp3) is 0.214. The van der Waals surface area contributed by atoms with Crippen LogP contribution in [-0.2, 0) is 0 Å². The summed E-state index contributed by atoms with van der Waals surface area (Å²) in [6.07, 6.45) is 3.91. The minimum atomic E-state index is -0.170. The molecule has 0 unspecified atom stereocenters. The van der Waals surface area contributed by atoms with Crippen LogP contribution in [0.25, 0.3) is 5.69 Å². The lowest BCUT2D eigenvalue weighted by atomic mass is 10.00. The lowest BCUT2D eigenvalue weighted by molar-refractivity contribution is 0.394. The van der Waals surface area contributed by atoms with Crippen molar-refractivity contribution in [1.29, 1.82) is 0 Å². The van der Waals surface area contributed by atoms with Crippen LogP contribution in [0.2, 0.25) is 0 Å². The minimum Gasteiger partial charge on any atom is -0.497 e. The third kappa shape index (κ3) is 4.12. The second-order valence-corrected chi connectivity index (χ2v) is 8.99. The number of thiocarbonyl (C=S) groups is 1. The van der Waals surface area contributed by atoms with E-state index in [0.29, 0.717) is 10.9 Å². The predicted molar refractivity (Wildman–Crippen MR) is 143 cm³/mol. The zero-order valence-corrected chi connectivity index (χ0v) is 21.0. The minimum absolute atomic E-state index is 0.157. The molecule has 0 spiro atoms. The molecule has 1 aliphatic rings. The molecule has 2 aromatic carbocycles. The van der Waals surface area contributed by atoms with Crippen LogP contribution in [0, 0.1) is 13.8 Å². The van der Waals surface area contributed by atoms with Gasteiger partial charge >= 0.3 is 0 Å². The van der Waals surface area contributed by atoms with Crippen LogP contribution in [0.5, 0.6) is 11.5 Å². The molecule has 1 N–H and O–H groups in total. The van der Waals surface area contributed by atoms with Crippen LogP contribution in [0.3, 0.4) is 0 Å². The number of pyridine rings is 1. The summed E-state index contributed by atoms with van der Waals surface area (Å²) < 4.78 is 13.4. The quantitative estimate of drug-likeness (QED) is 0.355. The number of methoxy groups -OCH3 is 2. The molecule has 1 aliphatic heterocycles. The Kier molecular flexibility index (Phi) is 6.17. The number of rotatable bonds is 6. The van der Waals surface area contributed by atoms with Gasteiger partial charge in [-0.3, -0.25) is 4.98 Å². The molecule has 1 saturated heterocycles. The number of ether oxygens (including phenoxy) is 2.